The van der Waals surface area contributed by atoms with Gasteiger partial charge in [0.25, 0.3) is 0 Å². The van der Waals surface area contributed by atoms with E-state index in [1.54, 1.807) is 0 Å². The molecule has 4 atom stereocenters. The second kappa shape index (κ2) is 2.78. The van der Waals surface area contributed by atoms with Crippen LogP contribution in [0.5, 0.6) is 0 Å². The van der Waals surface area contributed by atoms with Crippen LogP contribution < -0.4 is 5.32 Å². The lowest BCUT2D eigenvalue weighted by Crippen LogP contribution is -2.52. The van der Waals surface area contributed by atoms with Crippen LogP contribution in [0, 0.1) is 17.8 Å². The molecule has 0 bridgehead atoms. The first-order chi connectivity index (χ1) is 5.38. The Morgan fingerprint density at radius 1 is 1.18 bits per heavy atom. The van der Waals surface area contributed by atoms with Crippen LogP contribution >= 0.6 is 0 Å². The van der Waals surface area contributed by atoms with Gasteiger partial charge in [-0.3, -0.25) is 0 Å². The Hall–Kier alpha value is -0.0400. The maximum atomic E-state index is 3.62. The minimum absolute atomic E-state index is 0.907. The molecule has 0 aromatic rings. The zero-order valence-corrected chi connectivity index (χ0v) is 7.64. The Morgan fingerprint density at radius 3 is 2.55 bits per heavy atom. The van der Waals surface area contributed by atoms with Crippen molar-refractivity contribution in [2.24, 2.45) is 17.8 Å². The van der Waals surface area contributed by atoms with Crippen LogP contribution in [-0.2, 0) is 0 Å². The summed E-state index contributed by atoms with van der Waals surface area (Å²) >= 11 is 0. The zero-order valence-electron chi connectivity index (χ0n) is 7.64. The number of hydrogen-bond acceptors (Lipinski definition) is 1. The molecule has 2 rings (SSSR count). The standard InChI is InChI=1S/C10H19N/c1-3-7-8(4-2)10-9(7)5-6-11-10/h7-11H,3-6H2,1-2H3. The van der Waals surface area contributed by atoms with Crippen molar-refractivity contribution < 1.29 is 0 Å². The fourth-order valence-electron chi connectivity index (χ4n) is 3.30. The third kappa shape index (κ3) is 0.936. The Labute approximate surface area is 69.6 Å². The second-order valence-corrected chi connectivity index (χ2v) is 4.08. The lowest BCUT2D eigenvalue weighted by Gasteiger charge is -2.48. The van der Waals surface area contributed by atoms with E-state index in [0.29, 0.717) is 0 Å². The fraction of sp³-hybridized carbons (Fsp3) is 1.00. The lowest BCUT2D eigenvalue weighted by molar-refractivity contribution is 0.0402. The minimum Gasteiger partial charge on any atom is -0.313 e. The molecule has 64 valence electrons. The van der Waals surface area contributed by atoms with E-state index in [2.05, 4.69) is 19.2 Å². The SMILES string of the molecule is CCC1C(CC)C2NCCC12. The van der Waals surface area contributed by atoms with Gasteiger partial charge in [-0.25, -0.2) is 0 Å². The first kappa shape index (κ1) is 7.60. The van der Waals surface area contributed by atoms with Crippen molar-refractivity contribution >= 4 is 0 Å². The van der Waals surface area contributed by atoms with Crippen LogP contribution in [-0.4, -0.2) is 12.6 Å². The molecule has 1 N–H and O–H groups in total. The smallest absolute Gasteiger partial charge is 0.0129 e. The van der Waals surface area contributed by atoms with Gasteiger partial charge >= 0.3 is 0 Å². The van der Waals surface area contributed by atoms with Crippen LogP contribution in [0.15, 0.2) is 0 Å². The number of nitrogens with one attached hydrogen (secondary N) is 1. The van der Waals surface area contributed by atoms with E-state index >= 15 is 0 Å². The van der Waals surface area contributed by atoms with Crippen molar-refractivity contribution in [3.63, 3.8) is 0 Å². The molecule has 0 aromatic carbocycles. The van der Waals surface area contributed by atoms with Crippen LogP contribution in [0.2, 0.25) is 0 Å². The average Bonchev–Trinajstić information content (AvgIpc) is 2.36. The number of hydrogen-bond donors (Lipinski definition) is 1. The summed E-state index contributed by atoms with van der Waals surface area (Å²) < 4.78 is 0. The molecule has 2 aliphatic rings. The van der Waals surface area contributed by atoms with Gasteiger partial charge in [-0.2, -0.15) is 0 Å². The van der Waals surface area contributed by atoms with Crippen molar-refractivity contribution in [3.05, 3.63) is 0 Å². The summed E-state index contributed by atoms with van der Waals surface area (Å²) in [5.41, 5.74) is 0. The molecule has 4 unspecified atom stereocenters. The van der Waals surface area contributed by atoms with E-state index < -0.39 is 0 Å². The summed E-state index contributed by atoms with van der Waals surface area (Å²) in [7, 11) is 0. The quantitative estimate of drug-likeness (QED) is 0.640. The molecule has 1 aliphatic heterocycles. The molecule has 1 aliphatic carbocycles. The molecule has 1 saturated carbocycles. The molecular weight excluding hydrogens is 134 g/mol. The molecular formula is C10H19N. The summed E-state index contributed by atoms with van der Waals surface area (Å²) in [5.74, 6) is 3.11. The predicted octanol–water partition coefficient (Wildman–Crippen LogP) is 2.03. The van der Waals surface area contributed by atoms with Crippen molar-refractivity contribution in [1.82, 2.24) is 5.32 Å². The summed E-state index contributed by atoms with van der Waals surface area (Å²) in [6, 6.07) is 0.907. The van der Waals surface area contributed by atoms with E-state index in [1.165, 1.54) is 25.8 Å². The molecule has 1 heteroatoms. The van der Waals surface area contributed by atoms with E-state index in [0.717, 1.165) is 23.8 Å². The average molecular weight is 153 g/mol. The highest BCUT2D eigenvalue weighted by Gasteiger charge is 2.49. The number of rotatable bonds is 2. The normalized spacial score (nSPS) is 48.5. The van der Waals surface area contributed by atoms with Crippen molar-refractivity contribution in [2.75, 3.05) is 6.54 Å². The molecule has 1 saturated heterocycles. The van der Waals surface area contributed by atoms with E-state index in [1.807, 2.05) is 0 Å². The van der Waals surface area contributed by atoms with Gasteiger partial charge in [-0.05, 0) is 30.7 Å². The van der Waals surface area contributed by atoms with Gasteiger partial charge in [0.1, 0.15) is 0 Å². The largest absolute Gasteiger partial charge is 0.313 e. The van der Waals surface area contributed by atoms with Crippen molar-refractivity contribution in [3.8, 4) is 0 Å². The third-order valence-electron chi connectivity index (χ3n) is 3.82. The topological polar surface area (TPSA) is 12.0 Å². The molecule has 0 radical (unpaired) electrons. The fourth-order valence-corrected chi connectivity index (χ4v) is 3.30. The van der Waals surface area contributed by atoms with Crippen molar-refractivity contribution in [1.29, 1.82) is 0 Å². The number of fused-ring (bicyclic) bond motifs is 1. The monoisotopic (exact) mass is 153 g/mol. The summed E-state index contributed by atoms with van der Waals surface area (Å²) in [6.45, 7) is 5.97. The van der Waals surface area contributed by atoms with Crippen LogP contribution in [0.4, 0.5) is 0 Å². The molecule has 1 nitrogen and oxygen atoms in total. The summed E-state index contributed by atoms with van der Waals surface area (Å²) in [6.07, 6.45) is 4.23. The first-order valence-corrected chi connectivity index (χ1v) is 5.11. The van der Waals surface area contributed by atoms with E-state index in [9.17, 15) is 0 Å². The molecule has 0 amide bonds. The van der Waals surface area contributed by atoms with Gasteiger partial charge in [0.05, 0.1) is 0 Å². The van der Waals surface area contributed by atoms with Crippen LogP contribution in [0.3, 0.4) is 0 Å². The zero-order chi connectivity index (χ0) is 7.84. The minimum atomic E-state index is 0.907. The first-order valence-electron chi connectivity index (χ1n) is 5.11. The molecule has 0 aromatic heterocycles. The Morgan fingerprint density at radius 2 is 1.91 bits per heavy atom. The predicted molar refractivity (Wildman–Crippen MR) is 47.5 cm³/mol. The highest BCUT2D eigenvalue weighted by molar-refractivity contribution is 5.03. The second-order valence-electron chi connectivity index (χ2n) is 4.08. The van der Waals surface area contributed by atoms with Gasteiger partial charge in [0, 0.05) is 6.04 Å². The Balaban J connectivity index is 2.00. The molecule has 2 fully saturated rings. The van der Waals surface area contributed by atoms with Gasteiger partial charge in [-0.1, -0.05) is 26.7 Å². The van der Waals surface area contributed by atoms with E-state index in [-0.39, 0.29) is 0 Å². The lowest BCUT2D eigenvalue weighted by atomic mass is 9.59. The molecule has 11 heavy (non-hydrogen) atoms. The highest BCUT2D eigenvalue weighted by Crippen LogP contribution is 2.48. The molecule has 1 heterocycles. The van der Waals surface area contributed by atoms with E-state index in [4.69, 9.17) is 0 Å². The van der Waals surface area contributed by atoms with Gasteiger partial charge in [0.2, 0.25) is 0 Å². The summed E-state index contributed by atoms with van der Waals surface area (Å²) in [5, 5.41) is 3.62. The van der Waals surface area contributed by atoms with Gasteiger partial charge in [0.15, 0.2) is 0 Å². The Kier molecular flexibility index (Phi) is 1.92. The maximum absolute atomic E-state index is 3.62. The third-order valence-corrected chi connectivity index (χ3v) is 3.82. The van der Waals surface area contributed by atoms with Gasteiger partial charge < -0.3 is 5.32 Å². The molecule has 0 spiro atoms. The Bertz CT molecular complexity index is 128. The van der Waals surface area contributed by atoms with Gasteiger partial charge in [-0.15, -0.1) is 0 Å². The van der Waals surface area contributed by atoms with Crippen molar-refractivity contribution in [2.45, 2.75) is 39.2 Å². The van der Waals surface area contributed by atoms with Crippen LogP contribution in [0.25, 0.3) is 0 Å². The maximum Gasteiger partial charge on any atom is 0.0129 e. The van der Waals surface area contributed by atoms with Crippen LogP contribution in [0.1, 0.15) is 33.1 Å². The highest BCUT2D eigenvalue weighted by atomic mass is 15.0. The summed E-state index contributed by atoms with van der Waals surface area (Å²) in [4.78, 5) is 0.